The molecule has 0 bridgehead atoms. The highest BCUT2D eigenvalue weighted by Gasteiger charge is 2.31. The van der Waals surface area contributed by atoms with Crippen LogP contribution in [-0.2, 0) is 6.42 Å². The summed E-state index contributed by atoms with van der Waals surface area (Å²) in [6.45, 7) is 0. The van der Waals surface area contributed by atoms with Gasteiger partial charge < -0.3 is 30.6 Å². The van der Waals surface area contributed by atoms with Gasteiger partial charge >= 0.3 is 0 Å². The van der Waals surface area contributed by atoms with Gasteiger partial charge in [-0.15, -0.1) is 0 Å². The Balaban J connectivity index is 1.53. The van der Waals surface area contributed by atoms with Gasteiger partial charge in [0.25, 0.3) is 0 Å². The molecule has 228 valence electrons. The highest BCUT2D eigenvalue weighted by molar-refractivity contribution is 6.53. The van der Waals surface area contributed by atoms with E-state index in [9.17, 15) is 30.6 Å². The van der Waals surface area contributed by atoms with E-state index in [4.69, 9.17) is 15.7 Å². The average molecular weight is 624 g/mol. The van der Waals surface area contributed by atoms with Crippen LogP contribution in [0, 0.1) is 0 Å². The predicted octanol–water partition coefficient (Wildman–Crippen LogP) is 6.93. The van der Waals surface area contributed by atoms with Gasteiger partial charge in [0.1, 0.15) is 27.2 Å². The molecule has 6 nitrogen and oxygen atoms in total. The minimum atomic E-state index is -0.949. The third-order valence-corrected chi connectivity index (χ3v) is 9.51. The number of allylic oxidation sites excluding steroid dienone is 1. The summed E-state index contributed by atoms with van der Waals surface area (Å²) in [5.74, 6) is -4.30. The lowest BCUT2D eigenvalue weighted by Crippen LogP contribution is -2.26. The predicted molar refractivity (Wildman–Crippen MR) is 193 cm³/mol. The van der Waals surface area contributed by atoms with Crippen LogP contribution in [0.2, 0.25) is 0 Å². The fourth-order valence-corrected chi connectivity index (χ4v) is 7.12. The lowest BCUT2D eigenvalue weighted by Gasteiger charge is -2.24. The molecule has 7 aromatic rings. The van der Waals surface area contributed by atoms with E-state index in [1.807, 2.05) is 42.5 Å². The van der Waals surface area contributed by atoms with Crippen molar-refractivity contribution in [3.63, 3.8) is 0 Å². The fraction of sp³-hybridized carbons (Fsp3) is 0.0500. The summed E-state index contributed by atoms with van der Waals surface area (Å²) in [6.07, 6.45) is 6.27. The molecule has 7 aromatic carbocycles. The molecule has 0 aromatic heterocycles. The maximum atomic E-state index is 11.7. The van der Waals surface area contributed by atoms with Crippen molar-refractivity contribution in [1.29, 1.82) is 0 Å². The molecular formula is C40H26B2O6. The summed E-state index contributed by atoms with van der Waals surface area (Å²) in [4.78, 5) is 0. The maximum absolute atomic E-state index is 11.7. The second-order valence-electron chi connectivity index (χ2n) is 12.1. The monoisotopic (exact) mass is 624 g/mol. The Labute approximate surface area is 277 Å². The molecule has 0 atom stereocenters. The zero-order valence-electron chi connectivity index (χ0n) is 25.5. The van der Waals surface area contributed by atoms with Crippen molar-refractivity contribution in [1.82, 2.24) is 0 Å². The van der Waals surface area contributed by atoms with Gasteiger partial charge in [-0.1, -0.05) is 102 Å². The van der Waals surface area contributed by atoms with Crippen LogP contribution in [0.3, 0.4) is 0 Å². The molecule has 0 amide bonds. The van der Waals surface area contributed by atoms with Crippen molar-refractivity contribution >= 4 is 65.0 Å². The molecule has 1 aliphatic rings. The number of hydrogen-bond acceptors (Lipinski definition) is 6. The zero-order chi connectivity index (χ0) is 33.4. The molecule has 6 N–H and O–H groups in total. The van der Waals surface area contributed by atoms with Crippen molar-refractivity contribution < 1.29 is 30.6 Å². The molecule has 48 heavy (non-hydrogen) atoms. The Bertz CT molecular complexity index is 2450. The number of aryl methyl sites for hydroxylation is 1. The first-order chi connectivity index (χ1) is 23.2. The van der Waals surface area contributed by atoms with Crippen LogP contribution in [0.1, 0.15) is 17.5 Å². The summed E-state index contributed by atoms with van der Waals surface area (Å²) in [6, 6.07) is 26.5. The first kappa shape index (κ1) is 29.4. The van der Waals surface area contributed by atoms with Crippen LogP contribution >= 0.6 is 0 Å². The average Bonchev–Trinajstić information content (AvgIpc) is 3.13. The first-order valence-electron chi connectivity index (χ1n) is 15.4. The second kappa shape index (κ2) is 10.8. The molecule has 0 fully saturated rings. The Morgan fingerprint density at radius 2 is 1.06 bits per heavy atom. The molecule has 4 radical (unpaired) electrons. The smallest absolute Gasteiger partial charge is 0.204 e. The Morgan fingerprint density at radius 1 is 0.500 bits per heavy atom. The van der Waals surface area contributed by atoms with Crippen molar-refractivity contribution in [3.8, 4) is 67.9 Å². The van der Waals surface area contributed by atoms with Crippen molar-refractivity contribution in [2.45, 2.75) is 12.8 Å². The van der Waals surface area contributed by atoms with Crippen LogP contribution in [-0.4, -0.2) is 46.3 Å². The number of benzene rings is 7. The minimum absolute atomic E-state index is 0.0288. The van der Waals surface area contributed by atoms with Gasteiger partial charge in [0, 0.05) is 32.7 Å². The van der Waals surface area contributed by atoms with E-state index in [1.54, 1.807) is 24.3 Å². The maximum Gasteiger partial charge on any atom is 0.204 e. The SMILES string of the molecule is [B]c1c([B])c(O)c2c(-c3cccc4ccccc34)c3c(O)c(O)c(O)c(O)c3c(-c3ccc(-c4ccc5c(c4)C=CCC5)cc3)c2c1O. The van der Waals surface area contributed by atoms with Gasteiger partial charge in [-0.25, -0.2) is 0 Å². The van der Waals surface area contributed by atoms with Crippen molar-refractivity contribution in [3.05, 3.63) is 102 Å². The Kier molecular flexibility index (Phi) is 6.60. The van der Waals surface area contributed by atoms with Gasteiger partial charge in [0.15, 0.2) is 11.5 Å². The van der Waals surface area contributed by atoms with Gasteiger partial charge in [-0.05, 0) is 63.1 Å². The molecule has 8 rings (SSSR count). The molecule has 0 spiro atoms. The van der Waals surface area contributed by atoms with E-state index in [0.29, 0.717) is 16.5 Å². The Hall–Kier alpha value is -6.01. The highest BCUT2D eigenvalue weighted by atomic mass is 16.3. The van der Waals surface area contributed by atoms with Crippen LogP contribution in [0.5, 0.6) is 34.5 Å². The molecule has 1 aliphatic carbocycles. The normalized spacial score (nSPS) is 12.6. The lowest BCUT2D eigenvalue weighted by molar-refractivity contribution is 0.351. The molecule has 0 saturated carbocycles. The van der Waals surface area contributed by atoms with Gasteiger partial charge in [0.2, 0.25) is 11.5 Å². The molecule has 0 saturated heterocycles. The topological polar surface area (TPSA) is 121 Å². The van der Waals surface area contributed by atoms with E-state index in [-0.39, 0.29) is 43.6 Å². The van der Waals surface area contributed by atoms with Crippen LogP contribution in [0.25, 0.3) is 71.8 Å². The summed E-state index contributed by atoms with van der Waals surface area (Å²) in [5, 5.41) is 69.7. The number of phenolic OH excluding ortho intramolecular Hbond substituents is 6. The number of fused-ring (bicyclic) bond motifs is 4. The summed E-state index contributed by atoms with van der Waals surface area (Å²) in [7, 11) is 12.5. The summed E-state index contributed by atoms with van der Waals surface area (Å²) in [5.41, 5.74) is 5.03. The standard InChI is InChI=1S/C40H26B2O6/c41-33-34(42)36(44)31-28(26-11-5-9-21-7-3-4-10-25(21)26)32-30(37(45)39(47)40(48)38(32)46)27(29(31)35(33)43)22-15-12-20(13-16-22)24-17-14-19-6-1-2-8-23(19)18-24/h2-5,7-18,43-48H,1,6H2. The van der Waals surface area contributed by atoms with Crippen LogP contribution in [0.15, 0.2) is 91.0 Å². The number of rotatable bonds is 3. The van der Waals surface area contributed by atoms with E-state index in [0.717, 1.165) is 34.9 Å². The summed E-state index contributed by atoms with van der Waals surface area (Å²) < 4.78 is 0. The second-order valence-corrected chi connectivity index (χ2v) is 12.1. The lowest BCUT2D eigenvalue weighted by atomic mass is 9.74. The number of aromatic hydroxyl groups is 6. The van der Waals surface area contributed by atoms with E-state index in [1.165, 1.54) is 5.56 Å². The first-order valence-corrected chi connectivity index (χ1v) is 15.4. The molecule has 0 heterocycles. The number of phenols is 6. The fourth-order valence-electron chi connectivity index (χ4n) is 7.12. The van der Waals surface area contributed by atoms with Crippen LogP contribution < -0.4 is 10.9 Å². The largest absolute Gasteiger partial charge is 0.508 e. The third kappa shape index (κ3) is 4.15. The quantitative estimate of drug-likeness (QED) is 0.0549. The zero-order valence-corrected chi connectivity index (χ0v) is 25.5. The van der Waals surface area contributed by atoms with E-state index in [2.05, 4.69) is 30.4 Å². The van der Waals surface area contributed by atoms with E-state index >= 15 is 0 Å². The number of hydrogen-bond donors (Lipinski definition) is 6. The van der Waals surface area contributed by atoms with Crippen molar-refractivity contribution in [2.75, 3.05) is 0 Å². The Morgan fingerprint density at radius 3 is 1.77 bits per heavy atom. The van der Waals surface area contributed by atoms with Crippen LogP contribution in [0.4, 0.5) is 0 Å². The molecule has 8 heteroatoms. The molecular weight excluding hydrogens is 598 g/mol. The summed E-state index contributed by atoms with van der Waals surface area (Å²) >= 11 is 0. The molecule has 0 aliphatic heterocycles. The van der Waals surface area contributed by atoms with Gasteiger partial charge in [-0.3, -0.25) is 0 Å². The molecule has 0 unspecified atom stereocenters. The van der Waals surface area contributed by atoms with Crippen molar-refractivity contribution in [2.24, 2.45) is 0 Å². The highest BCUT2D eigenvalue weighted by Crippen LogP contribution is 2.58. The minimum Gasteiger partial charge on any atom is -0.508 e. The van der Waals surface area contributed by atoms with Gasteiger partial charge in [-0.2, -0.15) is 0 Å². The van der Waals surface area contributed by atoms with Gasteiger partial charge in [0.05, 0.1) is 0 Å². The van der Waals surface area contributed by atoms with E-state index < -0.39 is 34.5 Å². The third-order valence-electron chi connectivity index (χ3n) is 9.51.